The molecule has 0 fully saturated rings. The van der Waals surface area contributed by atoms with E-state index in [1.165, 1.54) is 71.8 Å². The minimum atomic E-state index is 0.106. The van der Waals surface area contributed by atoms with Crippen LogP contribution in [0.1, 0.15) is 0 Å². The fourth-order valence-corrected chi connectivity index (χ4v) is 8.06. The molecule has 0 aliphatic carbocycles. The average Bonchev–Trinajstić information content (AvgIpc) is 3.15. The first-order chi connectivity index (χ1) is 23.3. The van der Waals surface area contributed by atoms with E-state index in [0.717, 1.165) is 11.4 Å². The van der Waals surface area contributed by atoms with Crippen molar-refractivity contribution in [2.75, 3.05) is 9.80 Å². The van der Waals surface area contributed by atoms with E-state index < -0.39 is 0 Å². The molecule has 0 N–H and O–H groups in total. The Morgan fingerprint density at radius 1 is 0.362 bits per heavy atom. The van der Waals surface area contributed by atoms with Gasteiger partial charge in [0.2, 0.25) is 0 Å². The monoisotopic (exact) mass is 596 g/mol. The van der Waals surface area contributed by atoms with E-state index in [1.807, 2.05) is 0 Å². The fraction of sp³-hybridized carbons (Fsp3) is 0. The number of benzene rings is 8. The zero-order chi connectivity index (χ0) is 30.9. The van der Waals surface area contributed by atoms with E-state index in [9.17, 15) is 0 Å². The van der Waals surface area contributed by atoms with E-state index >= 15 is 0 Å². The van der Waals surface area contributed by atoms with Crippen molar-refractivity contribution in [3.05, 3.63) is 176 Å². The first-order valence-electron chi connectivity index (χ1n) is 16.3. The van der Waals surface area contributed by atoms with Gasteiger partial charge in [-0.1, -0.05) is 121 Å². The van der Waals surface area contributed by atoms with Gasteiger partial charge in [-0.15, -0.1) is 0 Å². The highest BCUT2D eigenvalue weighted by molar-refractivity contribution is 7.00. The normalized spacial score (nSPS) is 13.0. The van der Waals surface area contributed by atoms with Crippen LogP contribution in [-0.2, 0) is 0 Å². The van der Waals surface area contributed by atoms with Crippen molar-refractivity contribution in [3.63, 3.8) is 0 Å². The molecule has 0 unspecified atom stereocenters. The van der Waals surface area contributed by atoms with Crippen LogP contribution in [0.2, 0.25) is 0 Å². The van der Waals surface area contributed by atoms with Crippen LogP contribution in [0.4, 0.5) is 34.1 Å². The molecule has 0 radical (unpaired) electrons. The summed E-state index contributed by atoms with van der Waals surface area (Å²) >= 11 is 0. The Morgan fingerprint density at radius 2 is 0.830 bits per heavy atom. The van der Waals surface area contributed by atoms with Crippen LogP contribution in [-0.4, -0.2) is 6.71 Å². The lowest BCUT2D eigenvalue weighted by molar-refractivity contribution is 1.25. The highest BCUT2D eigenvalue weighted by atomic mass is 15.2. The molecule has 8 aromatic rings. The second-order valence-corrected chi connectivity index (χ2v) is 12.5. The van der Waals surface area contributed by atoms with Crippen LogP contribution in [0.15, 0.2) is 176 Å². The third kappa shape index (κ3) is 3.87. The van der Waals surface area contributed by atoms with Gasteiger partial charge in [-0.05, 0) is 104 Å². The minimum absolute atomic E-state index is 0.106. The Bertz CT molecular complexity index is 2380. The molecule has 8 aromatic carbocycles. The van der Waals surface area contributed by atoms with Gasteiger partial charge in [0.1, 0.15) is 0 Å². The molecule has 0 spiro atoms. The number of para-hydroxylation sites is 4. The van der Waals surface area contributed by atoms with Gasteiger partial charge < -0.3 is 9.80 Å². The third-order valence-corrected chi connectivity index (χ3v) is 9.99. The number of hydrogen-bond acceptors (Lipinski definition) is 2. The summed E-state index contributed by atoms with van der Waals surface area (Å²) in [5.41, 5.74) is 13.7. The summed E-state index contributed by atoms with van der Waals surface area (Å²) in [5.74, 6) is 0. The average molecular weight is 597 g/mol. The van der Waals surface area contributed by atoms with Crippen molar-refractivity contribution in [2.45, 2.75) is 0 Å². The van der Waals surface area contributed by atoms with Crippen LogP contribution >= 0.6 is 0 Å². The van der Waals surface area contributed by atoms with Gasteiger partial charge in [0.15, 0.2) is 0 Å². The molecule has 0 saturated heterocycles. The molecule has 218 valence electrons. The zero-order valence-electron chi connectivity index (χ0n) is 25.7. The number of anilines is 6. The summed E-state index contributed by atoms with van der Waals surface area (Å²) in [6, 6.07) is 64.5. The van der Waals surface area contributed by atoms with Crippen molar-refractivity contribution >= 4 is 78.8 Å². The number of hydrogen-bond donors (Lipinski definition) is 0. The molecule has 0 amide bonds. The highest BCUT2D eigenvalue weighted by Gasteiger charge is 2.43. The van der Waals surface area contributed by atoms with Gasteiger partial charge in [0.25, 0.3) is 6.71 Å². The molecule has 47 heavy (non-hydrogen) atoms. The molecular weight excluding hydrogens is 567 g/mol. The lowest BCUT2D eigenvalue weighted by atomic mass is 9.33. The lowest BCUT2D eigenvalue weighted by Gasteiger charge is -2.44. The minimum Gasteiger partial charge on any atom is -0.311 e. The number of fused-ring (bicyclic) bond motifs is 7. The molecule has 2 nitrogen and oxygen atoms in total. The first-order valence-corrected chi connectivity index (χ1v) is 16.3. The molecule has 10 rings (SSSR count). The van der Waals surface area contributed by atoms with Gasteiger partial charge in [-0.3, -0.25) is 0 Å². The zero-order valence-corrected chi connectivity index (χ0v) is 25.7. The lowest BCUT2D eigenvalue weighted by Crippen LogP contribution is -2.61. The van der Waals surface area contributed by atoms with Crippen LogP contribution in [0.25, 0.3) is 32.7 Å². The van der Waals surface area contributed by atoms with Crippen molar-refractivity contribution in [2.24, 2.45) is 0 Å². The topological polar surface area (TPSA) is 6.48 Å². The molecule has 2 aliphatic rings. The number of rotatable bonds is 3. The predicted octanol–water partition coefficient (Wildman–Crippen LogP) is 9.74. The maximum atomic E-state index is 2.48. The second kappa shape index (κ2) is 10.2. The Kier molecular flexibility index (Phi) is 5.70. The van der Waals surface area contributed by atoms with Crippen molar-refractivity contribution in [1.29, 1.82) is 0 Å². The van der Waals surface area contributed by atoms with Gasteiger partial charge in [0.05, 0.1) is 0 Å². The summed E-state index contributed by atoms with van der Waals surface area (Å²) in [7, 11) is 0. The molecule has 2 aliphatic heterocycles. The van der Waals surface area contributed by atoms with Crippen LogP contribution < -0.4 is 26.2 Å². The standard InChI is InChI=1S/C44H29BN2/c1-3-16-32(17-4-1)46-40-25-13-11-23-38(40)45-39-24-12-14-26-41(39)47(33-18-5-2-6-19-33)43-29-31(28-42(46)44(43)45)37-27-30-15-7-8-20-34(30)35-21-9-10-22-36(35)37/h1-29H. The summed E-state index contributed by atoms with van der Waals surface area (Å²) in [5, 5.41) is 5.08. The Balaban J connectivity index is 1.36. The van der Waals surface area contributed by atoms with E-state index in [4.69, 9.17) is 0 Å². The van der Waals surface area contributed by atoms with E-state index in [0.29, 0.717) is 0 Å². The molecule has 0 atom stereocenters. The molecule has 2 heterocycles. The maximum Gasteiger partial charge on any atom is 0.252 e. The van der Waals surface area contributed by atoms with Crippen LogP contribution in [0, 0.1) is 0 Å². The Hall–Kier alpha value is -6.06. The Labute approximate surface area is 274 Å². The SMILES string of the molecule is c1ccc(N2c3ccccc3B3c4ccccc4N(c4ccccc4)c4cc(-c5cc6ccccc6c6ccccc56)cc2c43)cc1. The smallest absolute Gasteiger partial charge is 0.252 e. The largest absolute Gasteiger partial charge is 0.311 e. The maximum absolute atomic E-state index is 2.48. The van der Waals surface area contributed by atoms with Crippen LogP contribution in [0.3, 0.4) is 0 Å². The molecule has 0 saturated carbocycles. The first kappa shape index (κ1) is 26.2. The van der Waals surface area contributed by atoms with Crippen molar-refractivity contribution in [1.82, 2.24) is 0 Å². The molecular formula is C44H29BN2. The van der Waals surface area contributed by atoms with E-state index in [1.54, 1.807) is 0 Å². The van der Waals surface area contributed by atoms with Crippen molar-refractivity contribution in [3.8, 4) is 11.1 Å². The predicted molar refractivity (Wildman–Crippen MR) is 201 cm³/mol. The summed E-state index contributed by atoms with van der Waals surface area (Å²) in [4.78, 5) is 4.96. The quantitative estimate of drug-likeness (QED) is 0.148. The molecule has 0 aromatic heterocycles. The summed E-state index contributed by atoms with van der Waals surface area (Å²) in [6.45, 7) is 0.106. The van der Waals surface area contributed by atoms with Gasteiger partial charge >= 0.3 is 0 Å². The van der Waals surface area contributed by atoms with Gasteiger partial charge in [-0.2, -0.15) is 0 Å². The van der Waals surface area contributed by atoms with Gasteiger partial charge in [-0.25, -0.2) is 0 Å². The van der Waals surface area contributed by atoms with Crippen LogP contribution in [0.5, 0.6) is 0 Å². The third-order valence-electron chi connectivity index (χ3n) is 9.99. The van der Waals surface area contributed by atoms with Crippen molar-refractivity contribution < 1.29 is 0 Å². The summed E-state index contributed by atoms with van der Waals surface area (Å²) < 4.78 is 0. The van der Waals surface area contributed by atoms with E-state index in [2.05, 4.69) is 186 Å². The summed E-state index contributed by atoms with van der Waals surface area (Å²) in [6.07, 6.45) is 0. The molecule has 3 heteroatoms. The Morgan fingerprint density at radius 3 is 1.43 bits per heavy atom. The fourth-order valence-electron chi connectivity index (χ4n) is 8.06. The second-order valence-electron chi connectivity index (χ2n) is 12.5. The van der Waals surface area contributed by atoms with E-state index in [-0.39, 0.29) is 6.71 Å². The number of nitrogens with zero attached hydrogens (tertiary/aromatic N) is 2. The molecule has 0 bridgehead atoms. The van der Waals surface area contributed by atoms with Gasteiger partial charge in [0, 0.05) is 34.1 Å². The highest BCUT2D eigenvalue weighted by Crippen LogP contribution is 2.47.